The number of aliphatic carboxylic acids is 1. The van der Waals surface area contributed by atoms with E-state index in [1.54, 1.807) is 7.05 Å². The zero-order chi connectivity index (χ0) is 13.4. The van der Waals surface area contributed by atoms with Crippen LogP contribution in [0.4, 0.5) is 4.79 Å². The molecule has 0 unspecified atom stereocenters. The smallest absolute Gasteiger partial charge is 0.326 e. The topological polar surface area (TPSA) is 113 Å². The standard InChI is InChI=1S/C10H19N3O4/c1-3-6-13(2)10(17)12-7(9(15)16)4-5-8(11)14/h7H,3-6H2,1-2H3,(H2,11,14)(H,12,17)(H,15,16)/t7-/m1/s1. The second-order valence-electron chi connectivity index (χ2n) is 3.77. The Balaban J connectivity index is 4.29. The van der Waals surface area contributed by atoms with Crippen molar-refractivity contribution in [2.24, 2.45) is 5.73 Å². The Morgan fingerprint density at radius 3 is 2.41 bits per heavy atom. The maximum absolute atomic E-state index is 11.5. The number of hydrogen-bond donors (Lipinski definition) is 3. The van der Waals surface area contributed by atoms with Crippen molar-refractivity contribution in [3.63, 3.8) is 0 Å². The molecule has 98 valence electrons. The van der Waals surface area contributed by atoms with E-state index in [1.807, 2.05) is 6.92 Å². The van der Waals surface area contributed by atoms with Crippen LogP contribution in [0.2, 0.25) is 0 Å². The van der Waals surface area contributed by atoms with Crippen molar-refractivity contribution in [1.82, 2.24) is 10.2 Å². The molecule has 0 fully saturated rings. The first kappa shape index (κ1) is 15.2. The summed E-state index contributed by atoms with van der Waals surface area (Å²) in [6.45, 7) is 2.44. The van der Waals surface area contributed by atoms with E-state index >= 15 is 0 Å². The van der Waals surface area contributed by atoms with Gasteiger partial charge in [-0.2, -0.15) is 0 Å². The fourth-order valence-corrected chi connectivity index (χ4v) is 1.24. The average Bonchev–Trinajstić information content (AvgIpc) is 2.23. The third-order valence-electron chi connectivity index (χ3n) is 2.18. The summed E-state index contributed by atoms with van der Waals surface area (Å²) >= 11 is 0. The third kappa shape index (κ3) is 6.39. The molecule has 0 spiro atoms. The molecule has 0 heterocycles. The maximum atomic E-state index is 11.5. The van der Waals surface area contributed by atoms with E-state index in [0.717, 1.165) is 6.42 Å². The first-order valence-electron chi connectivity index (χ1n) is 5.41. The molecule has 3 amide bonds. The van der Waals surface area contributed by atoms with Crippen LogP contribution in [0.25, 0.3) is 0 Å². The summed E-state index contributed by atoms with van der Waals surface area (Å²) in [7, 11) is 1.58. The highest BCUT2D eigenvalue weighted by atomic mass is 16.4. The molecule has 1 atom stereocenters. The van der Waals surface area contributed by atoms with Gasteiger partial charge in [0.05, 0.1) is 0 Å². The van der Waals surface area contributed by atoms with Gasteiger partial charge in [-0.3, -0.25) is 4.79 Å². The minimum absolute atomic E-state index is 0.00360. The summed E-state index contributed by atoms with van der Waals surface area (Å²) in [5.74, 6) is -1.77. The van der Waals surface area contributed by atoms with Gasteiger partial charge in [0.2, 0.25) is 5.91 Å². The molecule has 0 saturated carbocycles. The molecule has 0 bridgehead atoms. The van der Waals surface area contributed by atoms with Crippen molar-refractivity contribution in [3.8, 4) is 0 Å². The number of amides is 3. The van der Waals surface area contributed by atoms with Gasteiger partial charge in [0.25, 0.3) is 0 Å². The summed E-state index contributed by atoms with van der Waals surface area (Å²) in [6.07, 6.45) is 0.702. The minimum atomic E-state index is -1.18. The monoisotopic (exact) mass is 245 g/mol. The molecule has 0 aliphatic heterocycles. The number of primary amides is 1. The van der Waals surface area contributed by atoms with Gasteiger partial charge < -0.3 is 21.1 Å². The Morgan fingerprint density at radius 2 is 2.00 bits per heavy atom. The Morgan fingerprint density at radius 1 is 1.41 bits per heavy atom. The van der Waals surface area contributed by atoms with Crippen LogP contribution >= 0.6 is 0 Å². The number of rotatable bonds is 7. The molecule has 7 nitrogen and oxygen atoms in total. The van der Waals surface area contributed by atoms with Crippen molar-refractivity contribution in [2.75, 3.05) is 13.6 Å². The Bertz CT molecular complexity index is 293. The number of nitrogens with zero attached hydrogens (tertiary/aromatic N) is 1. The number of urea groups is 1. The second-order valence-corrected chi connectivity index (χ2v) is 3.77. The zero-order valence-electron chi connectivity index (χ0n) is 10.1. The highest BCUT2D eigenvalue weighted by molar-refractivity contribution is 5.83. The summed E-state index contributed by atoms with van der Waals surface area (Å²) in [5.41, 5.74) is 4.92. The van der Waals surface area contributed by atoms with E-state index in [9.17, 15) is 14.4 Å². The lowest BCUT2D eigenvalue weighted by Crippen LogP contribution is -2.47. The van der Waals surface area contributed by atoms with Gasteiger partial charge in [0.15, 0.2) is 0 Å². The molecule has 0 aliphatic carbocycles. The fourth-order valence-electron chi connectivity index (χ4n) is 1.24. The number of carbonyl (C=O) groups is 3. The lowest BCUT2D eigenvalue weighted by atomic mass is 10.1. The van der Waals surface area contributed by atoms with Crippen LogP contribution < -0.4 is 11.1 Å². The number of nitrogens with one attached hydrogen (secondary N) is 1. The summed E-state index contributed by atoms with van der Waals surface area (Å²) < 4.78 is 0. The first-order valence-corrected chi connectivity index (χ1v) is 5.41. The number of hydrogen-bond acceptors (Lipinski definition) is 3. The number of carboxylic acid groups (broad SMARTS) is 1. The van der Waals surface area contributed by atoms with Crippen molar-refractivity contribution < 1.29 is 19.5 Å². The van der Waals surface area contributed by atoms with E-state index in [1.165, 1.54) is 4.90 Å². The van der Waals surface area contributed by atoms with Crippen LogP contribution in [0, 0.1) is 0 Å². The SMILES string of the molecule is CCCN(C)C(=O)N[C@H](CCC(N)=O)C(=O)O. The Hall–Kier alpha value is -1.79. The molecule has 4 N–H and O–H groups in total. The van der Waals surface area contributed by atoms with E-state index in [-0.39, 0.29) is 12.8 Å². The molecular formula is C10H19N3O4. The van der Waals surface area contributed by atoms with Crippen LogP contribution in [0.5, 0.6) is 0 Å². The molecule has 0 aliphatic rings. The molecule has 0 radical (unpaired) electrons. The molecule has 17 heavy (non-hydrogen) atoms. The zero-order valence-corrected chi connectivity index (χ0v) is 10.1. The number of carbonyl (C=O) groups excluding carboxylic acids is 2. The lowest BCUT2D eigenvalue weighted by Gasteiger charge is -2.20. The van der Waals surface area contributed by atoms with Gasteiger partial charge >= 0.3 is 12.0 Å². The van der Waals surface area contributed by atoms with E-state index in [0.29, 0.717) is 6.54 Å². The van der Waals surface area contributed by atoms with E-state index in [4.69, 9.17) is 10.8 Å². The predicted molar refractivity (Wildman–Crippen MR) is 61.3 cm³/mol. The quantitative estimate of drug-likeness (QED) is 0.574. The summed E-state index contributed by atoms with van der Waals surface area (Å²) in [4.78, 5) is 34.3. The van der Waals surface area contributed by atoms with Crippen LogP contribution in [-0.2, 0) is 9.59 Å². The first-order chi connectivity index (χ1) is 7.88. The largest absolute Gasteiger partial charge is 0.480 e. The van der Waals surface area contributed by atoms with Crippen LogP contribution in [0.15, 0.2) is 0 Å². The predicted octanol–water partition coefficient (Wildman–Crippen LogP) is -0.243. The molecule has 7 heteroatoms. The molecule has 0 aromatic heterocycles. The lowest BCUT2D eigenvalue weighted by molar-refractivity contribution is -0.139. The molecule has 0 aromatic carbocycles. The third-order valence-corrected chi connectivity index (χ3v) is 2.18. The van der Waals surface area contributed by atoms with Crippen molar-refractivity contribution in [1.29, 1.82) is 0 Å². The number of carboxylic acids is 1. The Labute approximate surface area is 100.0 Å². The van der Waals surface area contributed by atoms with Gasteiger partial charge in [0, 0.05) is 20.0 Å². The van der Waals surface area contributed by atoms with Crippen molar-refractivity contribution in [3.05, 3.63) is 0 Å². The van der Waals surface area contributed by atoms with Crippen molar-refractivity contribution in [2.45, 2.75) is 32.2 Å². The van der Waals surface area contributed by atoms with Gasteiger partial charge in [-0.05, 0) is 12.8 Å². The van der Waals surface area contributed by atoms with Crippen LogP contribution in [0.3, 0.4) is 0 Å². The molecular weight excluding hydrogens is 226 g/mol. The highest BCUT2D eigenvalue weighted by Gasteiger charge is 2.21. The fraction of sp³-hybridized carbons (Fsp3) is 0.700. The van der Waals surface area contributed by atoms with E-state index < -0.39 is 23.9 Å². The van der Waals surface area contributed by atoms with Crippen LogP contribution in [0.1, 0.15) is 26.2 Å². The molecule has 0 aromatic rings. The maximum Gasteiger partial charge on any atom is 0.326 e. The molecule has 0 saturated heterocycles. The highest BCUT2D eigenvalue weighted by Crippen LogP contribution is 1.99. The summed E-state index contributed by atoms with van der Waals surface area (Å²) in [5, 5.41) is 11.2. The van der Waals surface area contributed by atoms with E-state index in [2.05, 4.69) is 5.32 Å². The Kier molecular flexibility index (Phi) is 6.69. The van der Waals surface area contributed by atoms with Gasteiger partial charge in [0.1, 0.15) is 6.04 Å². The van der Waals surface area contributed by atoms with Crippen molar-refractivity contribution >= 4 is 17.9 Å². The number of nitrogens with two attached hydrogens (primary N) is 1. The van der Waals surface area contributed by atoms with Crippen LogP contribution in [-0.4, -0.2) is 47.5 Å². The second kappa shape index (κ2) is 7.48. The van der Waals surface area contributed by atoms with Gasteiger partial charge in [-0.25, -0.2) is 9.59 Å². The molecule has 0 rings (SSSR count). The van der Waals surface area contributed by atoms with Gasteiger partial charge in [-0.1, -0.05) is 6.92 Å². The normalized spacial score (nSPS) is 11.6. The minimum Gasteiger partial charge on any atom is -0.480 e. The average molecular weight is 245 g/mol. The van der Waals surface area contributed by atoms with Gasteiger partial charge in [-0.15, -0.1) is 0 Å². The summed E-state index contributed by atoms with van der Waals surface area (Å²) in [6, 6.07) is -1.56.